The predicted octanol–water partition coefficient (Wildman–Crippen LogP) is 8.53. The van der Waals surface area contributed by atoms with Crippen molar-refractivity contribution in [3.05, 3.63) is 88.7 Å². The van der Waals surface area contributed by atoms with Crippen LogP contribution in [0.15, 0.2) is 55.3 Å². The fraction of sp³-hybridized carbons (Fsp3) is 0.467. The van der Waals surface area contributed by atoms with E-state index in [9.17, 15) is 0 Å². The maximum atomic E-state index is 6.37. The van der Waals surface area contributed by atoms with E-state index < -0.39 is 0 Å². The summed E-state index contributed by atoms with van der Waals surface area (Å²) in [5, 5.41) is 0. The van der Waals surface area contributed by atoms with Crippen LogP contribution in [-0.2, 0) is 17.3 Å². The van der Waals surface area contributed by atoms with E-state index >= 15 is 0 Å². The molecule has 0 radical (unpaired) electrons. The Hall–Kier alpha value is -2.28. The third-order valence-corrected chi connectivity index (χ3v) is 6.43. The molecule has 1 heterocycles. The number of unbranched alkanes of at least 4 members (excludes halogenated alkanes) is 2. The van der Waals surface area contributed by atoms with Crippen LogP contribution in [0.3, 0.4) is 0 Å². The van der Waals surface area contributed by atoms with Crippen molar-refractivity contribution in [3.63, 3.8) is 0 Å². The third-order valence-electron chi connectivity index (χ3n) is 6.43. The van der Waals surface area contributed by atoms with Gasteiger partial charge in [-0.05, 0) is 65.7 Å². The first-order valence-corrected chi connectivity index (χ1v) is 11.7. The first-order chi connectivity index (χ1) is 14.4. The SMILES string of the molecule is C=CCCCCc1ccc(C2C(=C)Oc3c2cc(C(C)(C)C)cc3C(C)(C)C)c(C)c1. The molecule has 1 unspecified atom stereocenters. The van der Waals surface area contributed by atoms with Gasteiger partial charge in [0.2, 0.25) is 0 Å². The number of hydrogen-bond acceptors (Lipinski definition) is 1. The van der Waals surface area contributed by atoms with Crippen LogP contribution in [-0.4, -0.2) is 0 Å². The van der Waals surface area contributed by atoms with Crippen molar-refractivity contribution in [3.8, 4) is 5.75 Å². The van der Waals surface area contributed by atoms with Gasteiger partial charge in [0.25, 0.3) is 0 Å². The van der Waals surface area contributed by atoms with Gasteiger partial charge in [-0.3, -0.25) is 0 Å². The van der Waals surface area contributed by atoms with Gasteiger partial charge in [-0.2, -0.15) is 0 Å². The topological polar surface area (TPSA) is 9.23 Å². The molecule has 1 heteroatoms. The number of ether oxygens (including phenoxy) is 1. The van der Waals surface area contributed by atoms with Gasteiger partial charge in [-0.25, -0.2) is 0 Å². The second-order valence-electron chi connectivity index (χ2n) is 11.2. The van der Waals surface area contributed by atoms with Gasteiger partial charge >= 0.3 is 0 Å². The Kier molecular flexibility index (Phi) is 6.56. The first-order valence-electron chi connectivity index (χ1n) is 11.7. The maximum absolute atomic E-state index is 6.37. The fourth-order valence-corrected chi connectivity index (χ4v) is 4.51. The molecule has 31 heavy (non-hydrogen) atoms. The van der Waals surface area contributed by atoms with Gasteiger partial charge in [0.05, 0.1) is 5.92 Å². The normalized spacial score (nSPS) is 16.2. The van der Waals surface area contributed by atoms with E-state index in [-0.39, 0.29) is 16.7 Å². The smallest absolute Gasteiger partial charge is 0.134 e. The lowest BCUT2D eigenvalue weighted by Gasteiger charge is -2.27. The van der Waals surface area contributed by atoms with E-state index in [4.69, 9.17) is 4.74 Å². The van der Waals surface area contributed by atoms with E-state index in [1.54, 1.807) is 0 Å². The van der Waals surface area contributed by atoms with Crippen LogP contribution in [0.5, 0.6) is 5.75 Å². The van der Waals surface area contributed by atoms with Crippen molar-refractivity contribution in [1.82, 2.24) is 0 Å². The monoisotopic (exact) mass is 416 g/mol. The van der Waals surface area contributed by atoms with E-state index in [0.717, 1.165) is 24.4 Å². The average Bonchev–Trinajstić information content (AvgIpc) is 2.99. The van der Waals surface area contributed by atoms with Gasteiger partial charge in [0.1, 0.15) is 11.5 Å². The van der Waals surface area contributed by atoms with E-state index in [1.165, 1.54) is 46.2 Å². The lowest BCUT2D eigenvalue weighted by atomic mass is 9.76. The average molecular weight is 417 g/mol. The highest BCUT2D eigenvalue weighted by molar-refractivity contribution is 5.60. The molecule has 2 aromatic rings. The molecule has 0 spiro atoms. The van der Waals surface area contributed by atoms with Crippen LogP contribution in [0.25, 0.3) is 0 Å². The van der Waals surface area contributed by atoms with Crippen molar-refractivity contribution < 1.29 is 4.74 Å². The molecule has 0 aliphatic carbocycles. The second kappa shape index (κ2) is 8.69. The Bertz CT molecular complexity index is 979. The summed E-state index contributed by atoms with van der Waals surface area (Å²) in [6, 6.07) is 11.6. The number of aryl methyl sites for hydroxylation is 2. The highest BCUT2D eigenvalue weighted by atomic mass is 16.5. The minimum atomic E-state index is 0.00481. The zero-order chi connectivity index (χ0) is 23.0. The molecule has 1 aliphatic rings. The molecule has 0 aromatic heterocycles. The zero-order valence-corrected chi connectivity index (χ0v) is 20.7. The second-order valence-corrected chi connectivity index (χ2v) is 11.2. The van der Waals surface area contributed by atoms with Crippen molar-refractivity contribution in [2.75, 3.05) is 0 Å². The van der Waals surface area contributed by atoms with Gasteiger partial charge in [0.15, 0.2) is 0 Å². The largest absolute Gasteiger partial charge is 0.461 e. The van der Waals surface area contributed by atoms with Crippen LogP contribution >= 0.6 is 0 Å². The molecule has 0 fully saturated rings. The Morgan fingerprint density at radius 1 is 0.935 bits per heavy atom. The number of benzene rings is 2. The molecule has 1 atom stereocenters. The summed E-state index contributed by atoms with van der Waals surface area (Å²) in [5.74, 6) is 1.95. The number of rotatable bonds is 6. The summed E-state index contributed by atoms with van der Waals surface area (Å²) in [6.07, 6.45) is 6.64. The lowest BCUT2D eigenvalue weighted by Crippen LogP contribution is -2.17. The molecule has 166 valence electrons. The molecular weight excluding hydrogens is 376 g/mol. The van der Waals surface area contributed by atoms with Gasteiger partial charge in [0, 0.05) is 11.1 Å². The predicted molar refractivity (Wildman–Crippen MR) is 134 cm³/mol. The maximum Gasteiger partial charge on any atom is 0.134 e. The Balaban J connectivity index is 2.04. The minimum absolute atomic E-state index is 0.00481. The lowest BCUT2D eigenvalue weighted by molar-refractivity contribution is 0.422. The molecule has 0 N–H and O–H groups in total. The standard InChI is InChI=1S/C30H40O/c1-10-11-12-13-14-22-15-16-24(20(2)17-22)27-21(3)31-28-25(27)18-23(29(4,5)6)19-26(28)30(7,8)9/h10,15-19,27H,1,3,11-14H2,2,4-9H3. The van der Waals surface area contributed by atoms with Crippen LogP contribution < -0.4 is 4.74 Å². The first kappa shape index (κ1) is 23.4. The summed E-state index contributed by atoms with van der Waals surface area (Å²) in [6.45, 7) is 24.0. The van der Waals surface area contributed by atoms with Crippen molar-refractivity contribution in [2.24, 2.45) is 0 Å². The molecule has 0 saturated heterocycles. The van der Waals surface area contributed by atoms with E-state index in [1.807, 2.05) is 6.08 Å². The molecular formula is C30H40O. The summed E-state index contributed by atoms with van der Waals surface area (Å²) >= 11 is 0. The van der Waals surface area contributed by atoms with Crippen LogP contribution in [0.1, 0.15) is 100 Å². The Labute approximate surface area is 190 Å². The van der Waals surface area contributed by atoms with Crippen LogP contribution in [0.2, 0.25) is 0 Å². The molecule has 3 rings (SSSR count). The summed E-state index contributed by atoms with van der Waals surface area (Å²) in [4.78, 5) is 0. The molecule has 0 saturated carbocycles. The highest BCUT2D eigenvalue weighted by Gasteiger charge is 2.36. The summed E-state index contributed by atoms with van der Waals surface area (Å²) < 4.78 is 6.37. The van der Waals surface area contributed by atoms with Crippen molar-refractivity contribution in [2.45, 2.75) is 90.9 Å². The van der Waals surface area contributed by atoms with Crippen LogP contribution in [0.4, 0.5) is 0 Å². The van der Waals surface area contributed by atoms with E-state index in [2.05, 4.69) is 92.0 Å². The third kappa shape index (κ3) is 4.97. The number of allylic oxidation sites excluding steroid dienone is 2. The molecule has 1 aliphatic heterocycles. The molecule has 2 aromatic carbocycles. The summed E-state index contributed by atoms with van der Waals surface area (Å²) in [5.41, 5.74) is 8.02. The highest BCUT2D eigenvalue weighted by Crippen LogP contribution is 2.50. The number of fused-ring (bicyclic) bond motifs is 1. The molecule has 0 bridgehead atoms. The fourth-order valence-electron chi connectivity index (χ4n) is 4.51. The van der Waals surface area contributed by atoms with E-state index in [0.29, 0.717) is 0 Å². The number of hydrogen-bond donors (Lipinski definition) is 0. The van der Waals surface area contributed by atoms with Crippen LogP contribution in [0, 0.1) is 6.92 Å². The zero-order valence-electron chi connectivity index (χ0n) is 20.7. The van der Waals surface area contributed by atoms with Gasteiger partial charge in [-0.15, -0.1) is 6.58 Å². The van der Waals surface area contributed by atoms with Crippen molar-refractivity contribution in [1.29, 1.82) is 0 Å². The van der Waals surface area contributed by atoms with Crippen molar-refractivity contribution >= 4 is 0 Å². The quantitative estimate of drug-likeness (QED) is 0.338. The molecule has 0 amide bonds. The summed E-state index contributed by atoms with van der Waals surface area (Å²) in [7, 11) is 0. The van der Waals surface area contributed by atoms with Gasteiger partial charge < -0.3 is 4.74 Å². The Morgan fingerprint density at radius 3 is 2.23 bits per heavy atom. The Morgan fingerprint density at radius 2 is 1.65 bits per heavy atom. The van der Waals surface area contributed by atoms with Gasteiger partial charge in [-0.1, -0.05) is 84.5 Å². The minimum Gasteiger partial charge on any atom is -0.461 e. The molecule has 1 nitrogen and oxygen atoms in total.